The molecule has 1 rings (SSSR count). The first kappa shape index (κ1) is 13.7. The minimum Gasteiger partial charge on any atom is -0.377 e. The van der Waals surface area contributed by atoms with Gasteiger partial charge in [-0.3, -0.25) is 4.79 Å². The minimum absolute atomic E-state index is 0.0926. The van der Waals surface area contributed by atoms with Crippen molar-refractivity contribution in [3.05, 3.63) is 42.0 Å². The van der Waals surface area contributed by atoms with E-state index in [4.69, 9.17) is 4.74 Å². The summed E-state index contributed by atoms with van der Waals surface area (Å²) < 4.78 is 5.35. The van der Waals surface area contributed by atoms with Crippen LogP contribution in [0.2, 0.25) is 0 Å². The molecule has 2 atom stereocenters. The van der Waals surface area contributed by atoms with E-state index in [1.54, 1.807) is 7.11 Å². The first-order chi connectivity index (χ1) is 8.19. The maximum atomic E-state index is 11.6. The Hall–Kier alpha value is -1.41. The Labute approximate surface area is 103 Å². The predicted octanol–water partition coefficient (Wildman–Crippen LogP) is 3.33. The van der Waals surface area contributed by atoms with Gasteiger partial charge in [-0.1, -0.05) is 56.3 Å². The number of ether oxygens (including phenoxy) is 1. The zero-order chi connectivity index (χ0) is 12.7. The number of ketones is 1. The fourth-order valence-corrected chi connectivity index (χ4v) is 1.72. The normalized spacial score (nSPS) is 14.8. The molecule has 1 aromatic carbocycles. The summed E-state index contributed by atoms with van der Waals surface area (Å²) in [7, 11) is 1.64. The van der Waals surface area contributed by atoms with E-state index in [0.717, 1.165) is 5.56 Å². The molecule has 0 aromatic heterocycles. The fraction of sp³-hybridized carbons (Fsp3) is 0.400. The highest BCUT2D eigenvalue weighted by molar-refractivity contribution is 5.81. The van der Waals surface area contributed by atoms with Crippen molar-refractivity contribution >= 4 is 11.9 Å². The Kier molecular flexibility index (Phi) is 5.64. The fourth-order valence-electron chi connectivity index (χ4n) is 1.72. The van der Waals surface area contributed by atoms with Crippen molar-refractivity contribution < 1.29 is 9.53 Å². The minimum atomic E-state index is -0.150. The third-order valence-corrected chi connectivity index (χ3v) is 2.90. The molecule has 2 heteroatoms. The third kappa shape index (κ3) is 4.16. The molecule has 0 saturated heterocycles. The van der Waals surface area contributed by atoms with Crippen LogP contribution >= 0.6 is 0 Å². The van der Waals surface area contributed by atoms with Gasteiger partial charge in [-0.05, 0) is 5.56 Å². The molecule has 0 spiro atoms. The Balaban J connectivity index is 2.70. The van der Waals surface area contributed by atoms with E-state index in [1.807, 2.05) is 56.3 Å². The van der Waals surface area contributed by atoms with Crippen LogP contribution in [0.5, 0.6) is 0 Å². The second kappa shape index (κ2) is 7.02. The molecule has 0 aliphatic carbocycles. The predicted molar refractivity (Wildman–Crippen MR) is 70.7 cm³/mol. The van der Waals surface area contributed by atoms with Crippen LogP contribution in [0.1, 0.15) is 25.8 Å². The average molecular weight is 232 g/mol. The van der Waals surface area contributed by atoms with Gasteiger partial charge in [-0.15, -0.1) is 0 Å². The highest BCUT2D eigenvalue weighted by Crippen LogP contribution is 2.13. The van der Waals surface area contributed by atoms with E-state index in [9.17, 15) is 4.79 Å². The van der Waals surface area contributed by atoms with Crippen molar-refractivity contribution in [3.8, 4) is 0 Å². The maximum Gasteiger partial charge on any atom is 0.138 e. The molecule has 0 saturated carbocycles. The molecule has 0 radical (unpaired) electrons. The summed E-state index contributed by atoms with van der Waals surface area (Å²) in [6.07, 6.45) is 4.35. The maximum absolute atomic E-state index is 11.6. The summed E-state index contributed by atoms with van der Waals surface area (Å²) in [6.45, 7) is 3.79. The largest absolute Gasteiger partial charge is 0.377 e. The number of carbonyl (C=O) groups is 1. The van der Waals surface area contributed by atoms with Crippen molar-refractivity contribution in [2.24, 2.45) is 5.92 Å². The second-order valence-corrected chi connectivity index (χ2v) is 4.08. The van der Waals surface area contributed by atoms with Gasteiger partial charge >= 0.3 is 0 Å². The molecule has 17 heavy (non-hydrogen) atoms. The van der Waals surface area contributed by atoms with Crippen LogP contribution in [-0.4, -0.2) is 19.0 Å². The van der Waals surface area contributed by atoms with Gasteiger partial charge in [0.1, 0.15) is 5.78 Å². The molecule has 0 unspecified atom stereocenters. The Morgan fingerprint density at radius 3 is 2.53 bits per heavy atom. The lowest BCUT2D eigenvalue weighted by Crippen LogP contribution is -2.25. The lowest BCUT2D eigenvalue weighted by Gasteiger charge is -2.17. The van der Waals surface area contributed by atoms with E-state index >= 15 is 0 Å². The Bertz CT molecular complexity index is 368. The van der Waals surface area contributed by atoms with Crippen molar-refractivity contribution in [2.45, 2.75) is 26.4 Å². The monoisotopic (exact) mass is 232 g/mol. The molecule has 0 aliphatic rings. The van der Waals surface area contributed by atoms with Crippen molar-refractivity contribution in [1.29, 1.82) is 0 Å². The summed E-state index contributed by atoms with van der Waals surface area (Å²) in [5, 5.41) is 0. The second-order valence-electron chi connectivity index (χ2n) is 4.08. The van der Waals surface area contributed by atoms with Crippen LogP contribution in [0.25, 0.3) is 6.08 Å². The van der Waals surface area contributed by atoms with E-state index in [-0.39, 0.29) is 17.8 Å². The molecule has 0 N–H and O–H groups in total. The van der Waals surface area contributed by atoms with E-state index in [1.165, 1.54) is 0 Å². The number of hydrogen-bond donors (Lipinski definition) is 0. The van der Waals surface area contributed by atoms with Crippen LogP contribution in [0.4, 0.5) is 0 Å². The van der Waals surface area contributed by atoms with Crippen LogP contribution in [0.15, 0.2) is 36.4 Å². The number of carbonyl (C=O) groups excluding carboxylic acids is 1. The molecule has 92 valence electrons. The summed E-state index contributed by atoms with van der Waals surface area (Å²) in [5.74, 6) is 0.138. The molecule has 0 amide bonds. The molecular formula is C15H20O2. The zero-order valence-electron chi connectivity index (χ0n) is 10.7. The van der Waals surface area contributed by atoms with Crippen LogP contribution < -0.4 is 0 Å². The molecular weight excluding hydrogens is 212 g/mol. The van der Waals surface area contributed by atoms with Gasteiger partial charge in [-0.2, -0.15) is 0 Å². The van der Waals surface area contributed by atoms with Gasteiger partial charge in [-0.25, -0.2) is 0 Å². The number of rotatable bonds is 6. The molecule has 0 heterocycles. The quantitative estimate of drug-likeness (QED) is 0.752. The van der Waals surface area contributed by atoms with Crippen molar-refractivity contribution in [2.75, 3.05) is 7.11 Å². The van der Waals surface area contributed by atoms with Crippen molar-refractivity contribution in [1.82, 2.24) is 0 Å². The summed E-state index contributed by atoms with van der Waals surface area (Å²) in [4.78, 5) is 11.6. The van der Waals surface area contributed by atoms with E-state index in [0.29, 0.717) is 6.42 Å². The van der Waals surface area contributed by atoms with E-state index in [2.05, 4.69) is 0 Å². The molecule has 0 fully saturated rings. The number of Topliss-reactive ketones (excluding diaryl/α,β-unsaturated/α-hetero) is 1. The number of methoxy groups -OCH3 is 1. The van der Waals surface area contributed by atoms with Crippen molar-refractivity contribution in [3.63, 3.8) is 0 Å². The number of benzene rings is 1. The van der Waals surface area contributed by atoms with Crippen LogP contribution in [-0.2, 0) is 9.53 Å². The SMILES string of the molecule is CCC(=O)[C@@H](C)[C@@H](/C=C/c1ccccc1)OC. The summed E-state index contributed by atoms with van der Waals surface area (Å²) >= 11 is 0. The summed E-state index contributed by atoms with van der Waals surface area (Å²) in [5.41, 5.74) is 1.12. The Morgan fingerprint density at radius 1 is 1.35 bits per heavy atom. The molecule has 2 nitrogen and oxygen atoms in total. The van der Waals surface area contributed by atoms with Crippen LogP contribution in [0, 0.1) is 5.92 Å². The number of hydrogen-bond acceptors (Lipinski definition) is 2. The van der Waals surface area contributed by atoms with Gasteiger partial charge < -0.3 is 4.74 Å². The highest BCUT2D eigenvalue weighted by Gasteiger charge is 2.19. The summed E-state index contributed by atoms with van der Waals surface area (Å²) in [6, 6.07) is 10.0. The lowest BCUT2D eigenvalue weighted by atomic mass is 9.97. The van der Waals surface area contributed by atoms with Crippen LogP contribution in [0.3, 0.4) is 0 Å². The highest BCUT2D eigenvalue weighted by atomic mass is 16.5. The first-order valence-corrected chi connectivity index (χ1v) is 5.97. The van der Waals surface area contributed by atoms with E-state index < -0.39 is 0 Å². The van der Waals surface area contributed by atoms with Gasteiger partial charge in [0.05, 0.1) is 6.10 Å². The molecule has 0 bridgehead atoms. The van der Waals surface area contributed by atoms with Gasteiger partial charge in [0.2, 0.25) is 0 Å². The first-order valence-electron chi connectivity index (χ1n) is 5.97. The topological polar surface area (TPSA) is 26.3 Å². The zero-order valence-corrected chi connectivity index (χ0v) is 10.7. The molecule has 0 aliphatic heterocycles. The average Bonchev–Trinajstić information content (AvgIpc) is 2.39. The third-order valence-electron chi connectivity index (χ3n) is 2.90. The Morgan fingerprint density at radius 2 is 2.00 bits per heavy atom. The molecule has 1 aromatic rings. The van der Waals surface area contributed by atoms with Gasteiger partial charge in [0.15, 0.2) is 0 Å². The van der Waals surface area contributed by atoms with Gasteiger partial charge in [0, 0.05) is 19.4 Å². The van der Waals surface area contributed by atoms with Gasteiger partial charge in [0.25, 0.3) is 0 Å². The lowest BCUT2D eigenvalue weighted by molar-refractivity contribution is -0.125. The smallest absolute Gasteiger partial charge is 0.138 e. The standard InChI is InChI=1S/C15H20O2/c1-4-14(16)12(2)15(17-3)11-10-13-8-6-5-7-9-13/h5-12,15H,4H2,1-3H3/b11-10+/t12-,15-/m1/s1.